The Morgan fingerprint density at radius 2 is 1.85 bits per heavy atom. The Morgan fingerprint density at radius 3 is 2.45 bits per heavy atom. The Kier molecular flexibility index (Phi) is 3.53. The van der Waals surface area contributed by atoms with Gasteiger partial charge in [-0.2, -0.15) is 0 Å². The second-order valence-electron chi connectivity index (χ2n) is 5.34. The van der Waals surface area contributed by atoms with Crippen LogP contribution in [0.15, 0.2) is 24.3 Å². The van der Waals surface area contributed by atoms with E-state index in [0.717, 1.165) is 22.4 Å². The molecule has 0 saturated heterocycles. The van der Waals surface area contributed by atoms with Crippen LogP contribution in [0.5, 0.6) is 11.5 Å². The van der Waals surface area contributed by atoms with Crippen LogP contribution in [0.25, 0.3) is 10.8 Å². The molecular weight excluding hydrogens is 252 g/mol. The van der Waals surface area contributed by atoms with Crippen molar-refractivity contribution in [3.8, 4) is 11.5 Å². The summed E-state index contributed by atoms with van der Waals surface area (Å²) >= 11 is 0. The SMILES string of the molecule is COc1c(C2CC2)cc2ccc(CCO)cc2c1OC. The van der Waals surface area contributed by atoms with Gasteiger partial charge in [0.05, 0.1) is 14.2 Å². The third-order valence-electron chi connectivity index (χ3n) is 3.97. The summed E-state index contributed by atoms with van der Waals surface area (Å²) in [5.74, 6) is 2.29. The van der Waals surface area contributed by atoms with Gasteiger partial charge in [0, 0.05) is 17.6 Å². The maximum Gasteiger partial charge on any atom is 0.168 e. The third kappa shape index (κ3) is 2.22. The van der Waals surface area contributed by atoms with Gasteiger partial charge in [-0.15, -0.1) is 0 Å². The summed E-state index contributed by atoms with van der Waals surface area (Å²) in [6.07, 6.45) is 3.12. The highest BCUT2D eigenvalue weighted by Crippen LogP contribution is 2.50. The molecule has 0 bridgehead atoms. The predicted octanol–water partition coefficient (Wildman–Crippen LogP) is 3.27. The molecule has 0 amide bonds. The minimum atomic E-state index is 0.158. The van der Waals surface area contributed by atoms with E-state index in [4.69, 9.17) is 14.6 Å². The quantitative estimate of drug-likeness (QED) is 0.908. The van der Waals surface area contributed by atoms with Crippen LogP contribution in [0.3, 0.4) is 0 Å². The molecule has 0 aliphatic heterocycles. The van der Waals surface area contributed by atoms with Gasteiger partial charge in [0.1, 0.15) is 0 Å². The lowest BCUT2D eigenvalue weighted by Crippen LogP contribution is -1.98. The van der Waals surface area contributed by atoms with E-state index in [-0.39, 0.29) is 6.61 Å². The molecule has 0 radical (unpaired) electrons. The highest BCUT2D eigenvalue weighted by Gasteiger charge is 2.29. The topological polar surface area (TPSA) is 38.7 Å². The van der Waals surface area contributed by atoms with Crippen molar-refractivity contribution in [1.29, 1.82) is 0 Å². The molecule has 0 aromatic heterocycles. The van der Waals surface area contributed by atoms with E-state index in [2.05, 4.69) is 24.3 Å². The average Bonchev–Trinajstić information content (AvgIpc) is 3.30. The normalized spacial score (nSPS) is 14.6. The molecule has 3 nitrogen and oxygen atoms in total. The van der Waals surface area contributed by atoms with Gasteiger partial charge in [-0.25, -0.2) is 0 Å². The molecule has 1 aliphatic rings. The van der Waals surface area contributed by atoms with Crippen LogP contribution in [-0.4, -0.2) is 25.9 Å². The number of fused-ring (bicyclic) bond motifs is 1. The Bertz CT molecular complexity index is 630. The van der Waals surface area contributed by atoms with Crippen molar-refractivity contribution in [3.05, 3.63) is 35.4 Å². The minimum Gasteiger partial charge on any atom is -0.493 e. The van der Waals surface area contributed by atoms with Gasteiger partial charge in [0.25, 0.3) is 0 Å². The molecule has 1 N–H and O–H groups in total. The van der Waals surface area contributed by atoms with Crippen molar-refractivity contribution in [3.63, 3.8) is 0 Å². The van der Waals surface area contributed by atoms with E-state index in [1.807, 2.05) is 0 Å². The van der Waals surface area contributed by atoms with Crippen molar-refractivity contribution < 1.29 is 14.6 Å². The lowest BCUT2D eigenvalue weighted by atomic mass is 9.99. The summed E-state index contributed by atoms with van der Waals surface area (Å²) < 4.78 is 11.2. The van der Waals surface area contributed by atoms with Crippen LogP contribution in [0.2, 0.25) is 0 Å². The summed E-state index contributed by atoms with van der Waals surface area (Å²) in [6, 6.07) is 8.48. The maximum absolute atomic E-state index is 9.09. The van der Waals surface area contributed by atoms with E-state index in [0.29, 0.717) is 12.3 Å². The van der Waals surface area contributed by atoms with Crippen molar-refractivity contribution in [2.24, 2.45) is 0 Å². The lowest BCUT2D eigenvalue weighted by Gasteiger charge is -2.16. The summed E-state index contributed by atoms with van der Waals surface area (Å²) in [5, 5.41) is 11.3. The molecule has 0 heterocycles. The van der Waals surface area contributed by atoms with Crippen molar-refractivity contribution in [2.75, 3.05) is 20.8 Å². The summed E-state index contributed by atoms with van der Waals surface area (Å²) in [4.78, 5) is 0. The fraction of sp³-hybridized carbons (Fsp3) is 0.412. The van der Waals surface area contributed by atoms with Crippen LogP contribution in [0.1, 0.15) is 29.9 Å². The largest absolute Gasteiger partial charge is 0.493 e. The first-order chi connectivity index (χ1) is 9.78. The first-order valence-corrected chi connectivity index (χ1v) is 7.07. The standard InChI is InChI=1S/C17H20O3/c1-19-16-14-9-11(7-8-18)3-4-13(14)10-15(12-5-6-12)17(16)20-2/h3-4,9-10,12,18H,5-8H2,1-2H3. The van der Waals surface area contributed by atoms with Crippen LogP contribution >= 0.6 is 0 Å². The fourth-order valence-electron chi connectivity index (χ4n) is 2.81. The van der Waals surface area contributed by atoms with Gasteiger partial charge in [-0.3, -0.25) is 0 Å². The van der Waals surface area contributed by atoms with Crippen LogP contribution in [-0.2, 0) is 6.42 Å². The number of benzene rings is 2. The Hall–Kier alpha value is -1.74. The smallest absolute Gasteiger partial charge is 0.168 e. The van der Waals surface area contributed by atoms with E-state index < -0.39 is 0 Å². The van der Waals surface area contributed by atoms with E-state index in [9.17, 15) is 0 Å². The van der Waals surface area contributed by atoms with Crippen LogP contribution in [0, 0.1) is 0 Å². The molecule has 2 aromatic carbocycles. The molecule has 1 saturated carbocycles. The number of aliphatic hydroxyl groups is 1. The highest BCUT2D eigenvalue weighted by atomic mass is 16.5. The molecule has 1 fully saturated rings. The molecule has 0 atom stereocenters. The van der Waals surface area contributed by atoms with Gasteiger partial charge in [-0.1, -0.05) is 12.1 Å². The zero-order valence-electron chi connectivity index (χ0n) is 12.0. The summed E-state index contributed by atoms with van der Waals surface area (Å²) in [5.41, 5.74) is 2.37. The van der Waals surface area contributed by atoms with Gasteiger partial charge >= 0.3 is 0 Å². The maximum atomic E-state index is 9.09. The molecule has 1 aliphatic carbocycles. The monoisotopic (exact) mass is 272 g/mol. The zero-order valence-corrected chi connectivity index (χ0v) is 12.0. The first-order valence-electron chi connectivity index (χ1n) is 7.07. The van der Waals surface area contributed by atoms with Crippen molar-refractivity contribution in [1.82, 2.24) is 0 Å². The van der Waals surface area contributed by atoms with Crippen molar-refractivity contribution >= 4 is 10.8 Å². The number of rotatable bonds is 5. The summed E-state index contributed by atoms with van der Waals surface area (Å²) in [6.45, 7) is 0.158. The Balaban J connectivity index is 2.22. The fourth-order valence-corrected chi connectivity index (χ4v) is 2.81. The van der Waals surface area contributed by atoms with E-state index >= 15 is 0 Å². The van der Waals surface area contributed by atoms with Gasteiger partial charge in [0.15, 0.2) is 11.5 Å². The van der Waals surface area contributed by atoms with Gasteiger partial charge < -0.3 is 14.6 Å². The Labute approximate surface area is 119 Å². The second-order valence-corrected chi connectivity index (χ2v) is 5.34. The zero-order chi connectivity index (χ0) is 14.1. The molecule has 20 heavy (non-hydrogen) atoms. The van der Waals surface area contributed by atoms with Crippen LogP contribution < -0.4 is 9.47 Å². The van der Waals surface area contributed by atoms with Crippen LogP contribution in [0.4, 0.5) is 0 Å². The molecule has 3 heteroatoms. The van der Waals surface area contributed by atoms with E-state index in [1.54, 1.807) is 14.2 Å². The van der Waals surface area contributed by atoms with Crippen molar-refractivity contribution in [2.45, 2.75) is 25.2 Å². The number of hydrogen-bond donors (Lipinski definition) is 1. The Morgan fingerprint density at radius 1 is 1.10 bits per heavy atom. The molecule has 2 aromatic rings. The third-order valence-corrected chi connectivity index (χ3v) is 3.97. The lowest BCUT2D eigenvalue weighted by molar-refractivity contribution is 0.299. The number of ether oxygens (including phenoxy) is 2. The second kappa shape index (κ2) is 5.33. The molecule has 0 unspecified atom stereocenters. The number of hydrogen-bond acceptors (Lipinski definition) is 3. The van der Waals surface area contributed by atoms with Gasteiger partial charge in [0.2, 0.25) is 0 Å². The molecule has 106 valence electrons. The summed E-state index contributed by atoms with van der Waals surface area (Å²) in [7, 11) is 3.39. The van der Waals surface area contributed by atoms with Gasteiger partial charge in [-0.05, 0) is 48.3 Å². The average molecular weight is 272 g/mol. The first kappa shape index (κ1) is 13.3. The predicted molar refractivity (Wildman–Crippen MR) is 79.8 cm³/mol. The highest BCUT2D eigenvalue weighted by molar-refractivity contribution is 5.92. The molecule has 3 rings (SSSR count). The number of aliphatic hydroxyl groups excluding tert-OH is 1. The molecular formula is C17H20O3. The number of methoxy groups -OCH3 is 2. The molecule has 0 spiro atoms. The minimum absolute atomic E-state index is 0.158. The van der Waals surface area contributed by atoms with E-state index in [1.165, 1.54) is 23.8 Å².